The van der Waals surface area contributed by atoms with E-state index < -0.39 is 0 Å². The van der Waals surface area contributed by atoms with Crippen LogP contribution in [0.5, 0.6) is 0 Å². The van der Waals surface area contributed by atoms with E-state index >= 15 is 0 Å². The molecule has 0 aliphatic carbocycles. The summed E-state index contributed by atoms with van der Waals surface area (Å²) in [6.45, 7) is 7.63. The summed E-state index contributed by atoms with van der Waals surface area (Å²) in [5, 5.41) is 5.48. The number of fused-ring (bicyclic) bond motifs is 1. The van der Waals surface area contributed by atoms with E-state index in [0.29, 0.717) is 6.42 Å². The molecule has 1 amide bonds. The van der Waals surface area contributed by atoms with Gasteiger partial charge in [0, 0.05) is 5.92 Å². The van der Waals surface area contributed by atoms with E-state index in [0.717, 1.165) is 5.56 Å². The van der Waals surface area contributed by atoms with Crippen LogP contribution in [0.15, 0.2) is 55.1 Å². The van der Waals surface area contributed by atoms with Crippen molar-refractivity contribution in [2.24, 2.45) is 5.92 Å². The summed E-state index contributed by atoms with van der Waals surface area (Å²) in [6, 6.07) is 14.4. The maximum absolute atomic E-state index is 12.1. The minimum atomic E-state index is -0.0371. The molecule has 0 spiro atoms. The molecule has 1 N–H and O–H groups in total. The molecule has 0 bridgehead atoms. The Morgan fingerprint density at radius 1 is 1.20 bits per heavy atom. The Labute approximate surface area is 120 Å². The Balaban J connectivity index is 2.21. The van der Waals surface area contributed by atoms with Crippen LogP contribution in [0.2, 0.25) is 0 Å². The SMILES string of the molecule is C=CCC(C)C(=O)N[C@@H](C)c1cccc2ccccc12. The van der Waals surface area contributed by atoms with Gasteiger partial charge >= 0.3 is 0 Å². The summed E-state index contributed by atoms with van der Waals surface area (Å²) in [6.07, 6.45) is 2.49. The van der Waals surface area contributed by atoms with Crippen molar-refractivity contribution < 1.29 is 4.79 Å². The lowest BCUT2D eigenvalue weighted by Gasteiger charge is -2.19. The molecular weight excluding hydrogens is 246 g/mol. The van der Waals surface area contributed by atoms with Crippen LogP contribution in [0.1, 0.15) is 31.9 Å². The molecule has 2 heteroatoms. The van der Waals surface area contributed by atoms with E-state index in [9.17, 15) is 4.79 Å². The van der Waals surface area contributed by atoms with Gasteiger partial charge in [0.15, 0.2) is 0 Å². The lowest BCUT2D eigenvalue weighted by atomic mass is 9.99. The van der Waals surface area contributed by atoms with Gasteiger partial charge in [0.1, 0.15) is 0 Å². The standard InChI is InChI=1S/C18H21NO/c1-4-8-13(2)18(20)19-14(3)16-12-7-10-15-9-5-6-11-17(15)16/h4-7,9-14H,1,8H2,2-3H3,(H,19,20)/t13?,14-/m0/s1. The van der Waals surface area contributed by atoms with Crippen molar-refractivity contribution in [1.82, 2.24) is 5.32 Å². The molecule has 0 radical (unpaired) electrons. The summed E-state index contributed by atoms with van der Waals surface area (Å²) in [4.78, 5) is 12.1. The van der Waals surface area contributed by atoms with Gasteiger partial charge in [0.25, 0.3) is 0 Å². The number of amides is 1. The second-order valence-corrected chi connectivity index (χ2v) is 5.22. The van der Waals surface area contributed by atoms with Crippen LogP contribution in [0.25, 0.3) is 10.8 Å². The molecular formula is C18H21NO. The lowest BCUT2D eigenvalue weighted by Crippen LogP contribution is -2.31. The number of rotatable bonds is 5. The van der Waals surface area contributed by atoms with E-state index in [-0.39, 0.29) is 17.9 Å². The highest BCUT2D eigenvalue weighted by molar-refractivity contribution is 5.87. The van der Waals surface area contributed by atoms with Gasteiger partial charge in [-0.15, -0.1) is 6.58 Å². The number of carbonyl (C=O) groups is 1. The zero-order valence-corrected chi connectivity index (χ0v) is 12.1. The van der Waals surface area contributed by atoms with Crippen LogP contribution in [0, 0.1) is 5.92 Å². The highest BCUT2D eigenvalue weighted by Gasteiger charge is 2.16. The molecule has 2 aromatic rings. The summed E-state index contributed by atoms with van der Waals surface area (Å²) in [5.74, 6) is 0.0373. The summed E-state index contributed by atoms with van der Waals surface area (Å²) in [7, 11) is 0. The van der Waals surface area contributed by atoms with Crippen molar-refractivity contribution >= 4 is 16.7 Å². The topological polar surface area (TPSA) is 29.1 Å². The summed E-state index contributed by atoms with van der Waals surface area (Å²) in [5.41, 5.74) is 1.15. The molecule has 0 aliphatic rings. The molecule has 2 rings (SSSR count). The van der Waals surface area contributed by atoms with Gasteiger partial charge in [-0.3, -0.25) is 4.79 Å². The van der Waals surface area contributed by atoms with Crippen molar-refractivity contribution in [3.05, 3.63) is 60.7 Å². The van der Waals surface area contributed by atoms with Gasteiger partial charge in [-0.2, -0.15) is 0 Å². The van der Waals surface area contributed by atoms with Crippen LogP contribution in [-0.2, 0) is 4.79 Å². The van der Waals surface area contributed by atoms with Crippen molar-refractivity contribution in [3.8, 4) is 0 Å². The molecule has 0 aromatic heterocycles. The van der Waals surface area contributed by atoms with Gasteiger partial charge in [-0.05, 0) is 29.7 Å². The molecule has 0 saturated carbocycles. The van der Waals surface area contributed by atoms with Crippen molar-refractivity contribution in [1.29, 1.82) is 0 Å². The van der Waals surface area contributed by atoms with E-state index in [1.165, 1.54) is 10.8 Å². The third-order valence-electron chi connectivity index (χ3n) is 3.62. The lowest BCUT2D eigenvalue weighted by molar-refractivity contribution is -0.125. The van der Waals surface area contributed by atoms with Crippen LogP contribution in [0.4, 0.5) is 0 Å². The fraction of sp³-hybridized carbons (Fsp3) is 0.278. The van der Waals surface area contributed by atoms with Crippen LogP contribution >= 0.6 is 0 Å². The number of hydrogen-bond donors (Lipinski definition) is 1. The van der Waals surface area contributed by atoms with Crippen LogP contribution in [-0.4, -0.2) is 5.91 Å². The maximum atomic E-state index is 12.1. The van der Waals surface area contributed by atoms with E-state index in [4.69, 9.17) is 0 Å². The summed E-state index contributed by atoms with van der Waals surface area (Å²) >= 11 is 0. The molecule has 0 aliphatic heterocycles. The first-order valence-electron chi connectivity index (χ1n) is 7.02. The van der Waals surface area contributed by atoms with E-state index in [2.05, 4.69) is 36.2 Å². The highest BCUT2D eigenvalue weighted by atomic mass is 16.1. The van der Waals surface area contributed by atoms with Crippen LogP contribution < -0.4 is 5.32 Å². The molecule has 0 heterocycles. The monoisotopic (exact) mass is 267 g/mol. The maximum Gasteiger partial charge on any atom is 0.223 e. The average Bonchev–Trinajstić information content (AvgIpc) is 2.46. The van der Waals surface area contributed by atoms with Gasteiger partial charge in [0.05, 0.1) is 6.04 Å². The smallest absolute Gasteiger partial charge is 0.223 e. The quantitative estimate of drug-likeness (QED) is 0.807. The zero-order chi connectivity index (χ0) is 14.5. The molecule has 0 fully saturated rings. The number of carbonyl (C=O) groups excluding carboxylic acids is 1. The number of hydrogen-bond acceptors (Lipinski definition) is 1. The van der Waals surface area contributed by atoms with Crippen molar-refractivity contribution in [2.75, 3.05) is 0 Å². The van der Waals surface area contributed by atoms with E-state index in [1.807, 2.05) is 32.0 Å². The number of benzene rings is 2. The van der Waals surface area contributed by atoms with Crippen LogP contribution in [0.3, 0.4) is 0 Å². The fourth-order valence-corrected chi connectivity index (χ4v) is 2.42. The second-order valence-electron chi connectivity index (χ2n) is 5.22. The fourth-order valence-electron chi connectivity index (χ4n) is 2.42. The zero-order valence-electron chi connectivity index (χ0n) is 12.1. The first-order valence-corrected chi connectivity index (χ1v) is 7.02. The largest absolute Gasteiger partial charge is 0.349 e. The Kier molecular flexibility index (Phi) is 4.57. The van der Waals surface area contributed by atoms with E-state index in [1.54, 1.807) is 6.08 Å². The average molecular weight is 267 g/mol. The molecule has 104 valence electrons. The van der Waals surface area contributed by atoms with Gasteiger partial charge < -0.3 is 5.32 Å². The molecule has 1 unspecified atom stereocenters. The third kappa shape index (κ3) is 3.08. The summed E-state index contributed by atoms with van der Waals surface area (Å²) < 4.78 is 0. The number of allylic oxidation sites excluding steroid dienone is 1. The highest BCUT2D eigenvalue weighted by Crippen LogP contribution is 2.24. The minimum Gasteiger partial charge on any atom is -0.349 e. The Morgan fingerprint density at radius 3 is 2.65 bits per heavy atom. The Bertz CT molecular complexity index is 612. The third-order valence-corrected chi connectivity index (χ3v) is 3.62. The van der Waals surface area contributed by atoms with Gasteiger partial charge in [-0.25, -0.2) is 0 Å². The molecule has 20 heavy (non-hydrogen) atoms. The molecule has 2 nitrogen and oxygen atoms in total. The van der Waals surface area contributed by atoms with Crippen molar-refractivity contribution in [3.63, 3.8) is 0 Å². The second kappa shape index (κ2) is 6.38. The van der Waals surface area contributed by atoms with Crippen molar-refractivity contribution in [2.45, 2.75) is 26.3 Å². The Morgan fingerprint density at radius 2 is 1.90 bits per heavy atom. The predicted molar refractivity (Wildman–Crippen MR) is 84.5 cm³/mol. The van der Waals surface area contributed by atoms with Gasteiger partial charge in [0.2, 0.25) is 5.91 Å². The Hall–Kier alpha value is -2.09. The normalized spacial score (nSPS) is 13.7. The molecule has 2 atom stereocenters. The minimum absolute atomic E-state index is 0.000801. The molecule has 2 aromatic carbocycles. The predicted octanol–water partition coefficient (Wildman–Crippen LogP) is 4.23. The first kappa shape index (κ1) is 14.3. The first-order chi connectivity index (χ1) is 9.63. The number of nitrogens with one attached hydrogen (secondary N) is 1. The molecule has 0 saturated heterocycles. The van der Waals surface area contributed by atoms with Gasteiger partial charge in [-0.1, -0.05) is 55.5 Å².